The Morgan fingerprint density at radius 1 is 1.07 bits per heavy atom. The van der Waals surface area contributed by atoms with Crippen molar-refractivity contribution in [2.75, 3.05) is 6.61 Å². The standard InChI is InChI=1S/C22H17ClO5/c1-2-27-21(26)22(23)12-16(13-8-4-3-5-9-13)17-18(24)14-10-6-7-11-15(14)19(25)20(17)28-22/h3-11,16H,2,12H2,1H3/t16-,22+/m1/s1. The molecule has 1 heterocycles. The molecular weight excluding hydrogens is 380 g/mol. The number of alkyl halides is 1. The van der Waals surface area contributed by atoms with Gasteiger partial charge in [0, 0.05) is 23.5 Å². The number of hydrogen-bond acceptors (Lipinski definition) is 5. The van der Waals surface area contributed by atoms with Crippen LogP contribution in [0.2, 0.25) is 0 Å². The SMILES string of the molecule is CCOC(=O)[C@]1(Cl)C[C@H](c2ccccc2)C2=C(O1)C(=O)c1ccccc1C2=O. The van der Waals surface area contributed by atoms with Gasteiger partial charge in [0.15, 0.2) is 11.5 Å². The van der Waals surface area contributed by atoms with E-state index in [9.17, 15) is 14.4 Å². The van der Waals surface area contributed by atoms with Gasteiger partial charge in [-0.2, -0.15) is 0 Å². The van der Waals surface area contributed by atoms with Crippen molar-refractivity contribution < 1.29 is 23.9 Å². The van der Waals surface area contributed by atoms with E-state index >= 15 is 0 Å². The third-order valence-electron chi connectivity index (χ3n) is 4.97. The van der Waals surface area contributed by atoms with Crippen LogP contribution in [0.25, 0.3) is 0 Å². The van der Waals surface area contributed by atoms with Crippen LogP contribution in [-0.2, 0) is 14.3 Å². The summed E-state index contributed by atoms with van der Waals surface area (Å²) in [6.07, 6.45) is -0.0164. The van der Waals surface area contributed by atoms with Crippen LogP contribution in [0.1, 0.15) is 45.5 Å². The zero-order valence-corrected chi connectivity index (χ0v) is 15.9. The molecule has 28 heavy (non-hydrogen) atoms. The fourth-order valence-corrected chi connectivity index (χ4v) is 3.98. The van der Waals surface area contributed by atoms with Crippen molar-refractivity contribution >= 4 is 29.1 Å². The molecule has 0 fully saturated rings. The minimum Gasteiger partial charge on any atom is -0.462 e. The van der Waals surface area contributed by atoms with E-state index in [1.54, 1.807) is 31.2 Å². The molecule has 142 valence electrons. The van der Waals surface area contributed by atoms with Crippen LogP contribution in [0, 0.1) is 0 Å². The number of hydrogen-bond donors (Lipinski definition) is 0. The number of carbonyl (C=O) groups excluding carboxylic acids is 3. The summed E-state index contributed by atoms with van der Waals surface area (Å²) < 4.78 is 10.7. The van der Waals surface area contributed by atoms with Gasteiger partial charge in [-0.25, -0.2) is 4.79 Å². The smallest absolute Gasteiger partial charge is 0.366 e. The monoisotopic (exact) mass is 396 g/mol. The van der Waals surface area contributed by atoms with Gasteiger partial charge in [0.05, 0.1) is 12.2 Å². The van der Waals surface area contributed by atoms with E-state index in [2.05, 4.69) is 0 Å². The highest BCUT2D eigenvalue weighted by atomic mass is 35.5. The molecule has 0 amide bonds. The van der Waals surface area contributed by atoms with E-state index in [1.807, 2.05) is 30.3 Å². The molecule has 0 spiro atoms. The first kappa shape index (κ1) is 18.4. The number of benzene rings is 2. The average molecular weight is 397 g/mol. The minimum absolute atomic E-state index is 0.0164. The quantitative estimate of drug-likeness (QED) is 0.579. The molecule has 2 aromatic carbocycles. The molecule has 0 bridgehead atoms. The Bertz CT molecular complexity index is 1010. The summed E-state index contributed by atoms with van der Waals surface area (Å²) in [5.41, 5.74) is 1.57. The van der Waals surface area contributed by atoms with Crippen molar-refractivity contribution in [3.63, 3.8) is 0 Å². The van der Waals surface area contributed by atoms with Gasteiger partial charge in [-0.15, -0.1) is 0 Å². The van der Waals surface area contributed by atoms with E-state index in [4.69, 9.17) is 21.1 Å². The number of halogens is 1. The van der Waals surface area contributed by atoms with Crippen LogP contribution < -0.4 is 0 Å². The van der Waals surface area contributed by atoms with Gasteiger partial charge in [0.25, 0.3) is 5.06 Å². The van der Waals surface area contributed by atoms with Crippen LogP contribution in [0.5, 0.6) is 0 Å². The number of Topliss-reactive ketones (excluding diaryl/α,β-unsaturated/α-hetero) is 2. The topological polar surface area (TPSA) is 69.7 Å². The van der Waals surface area contributed by atoms with E-state index in [1.165, 1.54) is 0 Å². The number of ketones is 2. The Hall–Kier alpha value is -2.92. The average Bonchev–Trinajstić information content (AvgIpc) is 2.72. The molecule has 4 rings (SSSR count). The lowest BCUT2D eigenvalue weighted by Gasteiger charge is -2.38. The first-order chi connectivity index (χ1) is 13.5. The molecule has 2 atom stereocenters. The lowest BCUT2D eigenvalue weighted by Crippen LogP contribution is -2.45. The molecule has 0 unspecified atom stereocenters. The van der Waals surface area contributed by atoms with Crippen molar-refractivity contribution in [2.24, 2.45) is 0 Å². The number of esters is 1. The molecule has 0 saturated heterocycles. The Kier molecular flexibility index (Phi) is 4.55. The zero-order chi connectivity index (χ0) is 19.9. The van der Waals surface area contributed by atoms with Gasteiger partial charge in [0.2, 0.25) is 5.78 Å². The minimum atomic E-state index is -1.88. The lowest BCUT2D eigenvalue weighted by atomic mass is 9.75. The summed E-state index contributed by atoms with van der Waals surface area (Å²) >= 11 is 6.51. The fourth-order valence-electron chi connectivity index (χ4n) is 3.69. The van der Waals surface area contributed by atoms with Crippen LogP contribution in [-0.4, -0.2) is 29.2 Å². The maximum Gasteiger partial charge on any atom is 0.366 e. The van der Waals surface area contributed by atoms with Crippen molar-refractivity contribution in [3.8, 4) is 0 Å². The fraction of sp³-hybridized carbons (Fsp3) is 0.227. The largest absolute Gasteiger partial charge is 0.462 e. The third kappa shape index (κ3) is 2.83. The highest BCUT2D eigenvalue weighted by Crippen LogP contribution is 2.48. The summed E-state index contributed by atoms with van der Waals surface area (Å²) in [6.45, 7) is 1.78. The van der Waals surface area contributed by atoms with Crippen molar-refractivity contribution in [2.45, 2.75) is 24.3 Å². The maximum atomic E-state index is 13.2. The second kappa shape index (κ2) is 6.91. The van der Waals surface area contributed by atoms with E-state index in [0.717, 1.165) is 5.56 Å². The molecule has 1 aliphatic heterocycles. The molecule has 0 aromatic heterocycles. The second-order valence-electron chi connectivity index (χ2n) is 6.67. The number of rotatable bonds is 3. The maximum absolute atomic E-state index is 13.2. The van der Waals surface area contributed by atoms with Crippen molar-refractivity contribution in [3.05, 3.63) is 82.6 Å². The zero-order valence-electron chi connectivity index (χ0n) is 15.1. The number of allylic oxidation sites excluding steroid dienone is 2. The van der Waals surface area contributed by atoms with Gasteiger partial charge in [-0.05, 0) is 12.5 Å². The highest BCUT2D eigenvalue weighted by molar-refractivity contribution is 6.34. The van der Waals surface area contributed by atoms with Crippen LogP contribution in [0.4, 0.5) is 0 Å². The Balaban J connectivity index is 1.90. The second-order valence-corrected chi connectivity index (χ2v) is 7.28. The number of ether oxygens (including phenoxy) is 2. The summed E-state index contributed by atoms with van der Waals surface area (Å²) in [7, 11) is 0. The third-order valence-corrected chi connectivity index (χ3v) is 5.36. The van der Waals surface area contributed by atoms with Crippen molar-refractivity contribution in [1.82, 2.24) is 0 Å². The van der Waals surface area contributed by atoms with E-state index < -0.39 is 22.7 Å². The molecule has 5 nitrogen and oxygen atoms in total. The molecular formula is C22H17ClO5. The van der Waals surface area contributed by atoms with Crippen LogP contribution in [0.15, 0.2) is 65.9 Å². The molecule has 0 saturated carbocycles. The summed E-state index contributed by atoms with van der Waals surface area (Å²) in [5, 5.41) is -1.88. The molecule has 2 aliphatic rings. The van der Waals surface area contributed by atoms with E-state index in [0.29, 0.717) is 5.56 Å². The lowest BCUT2D eigenvalue weighted by molar-refractivity contribution is -0.159. The molecule has 6 heteroatoms. The highest BCUT2D eigenvalue weighted by Gasteiger charge is 2.53. The number of carbonyl (C=O) groups is 3. The Morgan fingerprint density at radius 3 is 2.32 bits per heavy atom. The predicted molar refractivity (Wildman–Crippen MR) is 102 cm³/mol. The van der Waals surface area contributed by atoms with Crippen molar-refractivity contribution in [1.29, 1.82) is 0 Å². The van der Waals surface area contributed by atoms with Gasteiger partial charge in [-0.3, -0.25) is 9.59 Å². The van der Waals surface area contributed by atoms with E-state index in [-0.39, 0.29) is 35.7 Å². The van der Waals surface area contributed by atoms with Gasteiger partial charge >= 0.3 is 5.97 Å². The molecule has 1 aliphatic carbocycles. The summed E-state index contributed by atoms with van der Waals surface area (Å²) in [5.74, 6) is -2.27. The molecule has 0 N–H and O–H groups in total. The van der Waals surface area contributed by atoms with Gasteiger partial charge < -0.3 is 9.47 Å². The van der Waals surface area contributed by atoms with Gasteiger partial charge in [0.1, 0.15) is 0 Å². The first-order valence-corrected chi connectivity index (χ1v) is 9.36. The Morgan fingerprint density at radius 2 is 1.68 bits per heavy atom. The Labute approximate surface area is 166 Å². The van der Waals surface area contributed by atoms with Gasteiger partial charge in [-0.1, -0.05) is 66.2 Å². The first-order valence-electron chi connectivity index (χ1n) is 8.99. The number of fused-ring (bicyclic) bond motifs is 1. The summed E-state index contributed by atoms with van der Waals surface area (Å²) in [6, 6.07) is 15.7. The predicted octanol–water partition coefficient (Wildman–Crippen LogP) is 4.02. The summed E-state index contributed by atoms with van der Waals surface area (Å²) in [4.78, 5) is 38.8. The molecule has 2 aromatic rings. The molecule has 0 radical (unpaired) electrons. The van der Waals surface area contributed by atoms with Crippen LogP contribution in [0.3, 0.4) is 0 Å². The van der Waals surface area contributed by atoms with Crippen LogP contribution >= 0.6 is 11.6 Å². The normalized spacial score (nSPS) is 23.6.